The quantitative estimate of drug-likeness (QED) is 0.672. The van der Waals surface area contributed by atoms with E-state index in [1.165, 1.54) is 12.1 Å². The summed E-state index contributed by atoms with van der Waals surface area (Å²) in [7, 11) is 1.62. The number of aromatic nitrogens is 1. The Morgan fingerprint density at radius 2 is 1.90 bits per heavy atom. The lowest BCUT2D eigenvalue weighted by Gasteiger charge is -2.11. The molecular formula is C16H11BrFNO2. The first-order valence-electron chi connectivity index (χ1n) is 6.23. The number of hydrogen-bond donors (Lipinski definition) is 0. The smallest absolute Gasteiger partial charge is 0.227 e. The number of benzene rings is 2. The minimum absolute atomic E-state index is 0.332. The average Bonchev–Trinajstić information content (AvgIpc) is 2.49. The summed E-state index contributed by atoms with van der Waals surface area (Å²) < 4.78 is 24.8. The highest BCUT2D eigenvalue weighted by atomic mass is 79.9. The van der Waals surface area contributed by atoms with Crippen LogP contribution in [-0.4, -0.2) is 12.1 Å². The van der Waals surface area contributed by atoms with Crippen LogP contribution >= 0.6 is 15.9 Å². The van der Waals surface area contributed by atoms with Crippen molar-refractivity contribution in [3.05, 3.63) is 59.0 Å². The molecule has 3 nitrogen and oxygen atoms in total. The molecule has 0 saturated carbocycles. The van der Waals surface area contributed by atoms with E-state index >= 15 is 0 Å². The lowest BCUT2D eigenvalue weighted by Crippen LogP contribution is -1.92. The molecule has 0 aliphatic heterocycles. The molecule has 0 saturated heterocycles. The van der Waals surface area contributed by atoms with Gasteiger partial charge in [0.25, 0.3) is 0 Å². The molecule has 3 rings (SSSR count). The third kappa shape index (κ3) is 2.69. The molecule has 0 N–H and O–H groups in total. The summed E-state index contributed by atoms with van der Waals surface area (Å²) in [4.78, 5) is 4.25. The molecule has 5 heteroatoms. The monoisotopic (exact) mass is 347 g/mol. The minimum Gasteiger partial charge on any atom is -0.496 e. The van der Waals surface area contributed by atoms with E-state index in [4.69, 9.17) is 9.47 Å². The fraction of sp³-hybridized carbons (Fsp3) is 0.0625. The van der Waals surface area contributed by atoms with Crippen molar-refractivity contribution in [2.24, 2.45) is 0 Å². The van der Waals surface area contributed by atoms with E-state index in [1.807, 2.05) is 24.3 Å². The van der Waals surface area contributed by atoms with Gasteiger partial charge in [-0.25, -0.2) is 9.37 Å². The maximum atomic E-state index is 13.1. The van der Waals surface area contributed by atoms with Gasteiger partial charge < -0.3 is 9.47 Å². The van der Waals surface area contributed by atoms with E-state index in [0.29, 0.717) is 16.1 Å². The summed E-state index contributed by atoms with van der Waals surface area (Å²) in [5.74, 6) is 1.36. The number of pyridine rings is 1. The first-order valence-corrected chi connectivity index (χ1v) is 7.03. The molecule has 0 spiro atoms. The van der Waals surface area contributed by atoms with Crippen LogP contribution in [0, 0.1) is 5.82 Å². The summed E-state index contributed by atoms with van der Waals surface area (Å²) in [5.41, 5.74) is 0. The molecule has 0 fully saturated rings. The summed E-state index contributed by atoms with van der Waals surface area (Å²) in [6.45, 7) is 0. The van der Waals surface area contributed by atoms with E-state index in [-0.39, 0.29) is 5.82 Å². The minimum atomic E-state index is -0.332. The van der Waals surface area contributed by atoms with Crippen molar-refractivity contribution in [2.75, 3.05) is 7.11 Å². The maximum absolute atomic E-state index is 13.1. The number of ether oxygens (including phenoxy) is 2. The number of nitrogens with zero attached hydrogens (tertiary/aromatic N) is 1. The van der Waals surface area contributed by atoms with E-state index in [0.717, 1.165) is 16.5 Å². The van der Waals surface area contributed by atoms with Gasteiger partial charge in [0.15, 0.2) is 0 Å². The summed E-state index contributed by atoms with van der Waals surface area (Å²) in [6.07, 6.45) is 1.65. The van der Waals surface area contributed by atoms with Gasteiger partial charge in [0, 0.05) is 17.0 Å². The van der Waals surface area contributed by atoms with Crippen LogP contribution in [0.25, 0.3) is 10.8 Å². The van der Waals surface area contributed by atoms with E-state index < -0.39 is 0 Å². The van der Waals surface area contributed by atoms with Crippen molar-refractivity contribution < 1.29 is 13.9 Å². The Balaban J connectivity index is 2.08. The number of fused-ring (bicyclic) bond motifs is 1. The van der Waals surface area contributed by atoms with E-state index in [9.17, 15) is 4.39 Å². The predicted octanol–water partition coefficient (Wildman–Crippen LogP) is 4.94. The molecule has 0 atom stereocenters. The van der Waals surface area contributed by atoms with Crippen LogP contribution in [0.2, 0.25) is 0 Å². The SMILES string of the molecule is COc1cccc2c(Oc3ccc(F)cc3Br)nccc12. The van der Waals surface area contributed by atoms with Crippen LogP contribution in [0.5, 0.6) is 17.4 Å². The fourth-order valence-electron chi connectivity index (χ4n) is 2.07. The van der Waals surface area contributed by atoms with Gasteiger partial charge in [-0.15, -0.1) is 0 Å². The second kappa shape index (κ2) is 5.69. The Kier molecular flexibility index (Phi) is 3.75. The van der Waals surface area contributed by atoms with Gasteiger partial charge in [-0.3, -0.25) is 0 Å². The maximum Gasteiger partial charge on any atom is 0.227 e. The van der Waals surface area contributed by atoms with Gasteiger partial charge in [0.1, 0.15) is 17.3 Å². The van der Waals surface area contributed by atoms with E-state index in [1.54, 1.807) is 19.4 Å². The standard InChI is InChI=1S/C16H11BrFNO2/c1-20-14-4-2-3-12-11(14)7-8-19-16(12)21-15-6-5-10(18)9-13(15)17/h2-9H,1H3. The topological polar surface area (TPSA) is 31.4 Å². The Morgan fingerprint density at radius 3 is 2.67 bits per heavy atom. The Hall–Kier alpha value is -2.14. The fourth-order valence-corrected chi connectivity index (χ4v) is 2.50. The number of hydrogen-bond acceptors (Lipinski definition) is 3. The van der Waals surface area contributed by atoms with Crippen LogP contribution in [0.15, 0.2) is 53.1 Å². The van der Waals surface area contributed by atoms with Crippen molar-refractivity contribution in [1.82, 2.24) is 4.98 Å². The third-order valence-electron chi connectivity index (χ3n) is 3.05. The van der Waals surface area contributed by atoms with Gasteiger partial charge in [-0.05, 0) is 52.3 Å². The largest absolute Gasteiger partial charge is 0.496 e. The molecule has 3 aromatic rings. The molecule has 2 aromatic carbocycles. The highest BCUT2D eigenvalue weighted by molar-refractivity contribution is 9.10. The number of rotatable bonds is 3. The van der Waals surface area contributed by atoms with Crippen LogP contribution < -0.4 is 9.47 Å². The zero-order chi connectivity index (χ0) is 14.8. The third-order valence-corrected chi connectivity index (χ3v) is 3.67. The summed E-state index contributed by atoms with van der Waals surface area (Å²) in [5, 5.41) is 1.73. The van der Waals surface area contributed by atoms with Crippen LogP contribution in [0.4, 0.5) is 4.39 Å². The van der Waals surface area contributed by atoms with Gasteiger partial charge in [-0.1, -0.05) is 6.07 Å². The highest BCUT2D eigenvalue weighted by Gasteiger charge is 2.10. The van der Waals surface area contributed by atoms with Crippen molar-refractivity contribution >= 4 is 26.7 Å². The molecule has 1 aromatic heterocycles. The highest BCUT2D eigenvalue weighted by Crippen LogP contribution is 2.35. The van der Waals surface area contributed by atoms with Crippen molar-refractivity contribution in [3.63, 3.8) is 0 Å². The molecule has 0 bridgehead atoms. The predicted molar refractivity (Wildman–Crippen MR) is 82.5 cm³/mol. The Labute approximate surface area is 129 Å². The molecule has 0 unspecified atom stereocenters. The second-order valence-electron chi connectivity index (χ2n) is 4.35. The second-order valence-corrected chi connectivity index (χ2v) is 5.20. The van der Waals surface area contributed by atoms with Crippen LogP contribution in [-0.2, 0) is 0 Å². The average molecular weight is 348 g/mol. The lowest BCUT2D eigenvalue weighted by molar-refractivity contribution is 0.419. The Morgan fingerprint density at radius 1 is 1.05 bits per heavy atom. The molecule has 21 heavy (non-hydrogen) atoms. The zero-order valence-electron chi connectivity index (χ0n) is 11.1. The van der Waals surface area contributed by atoms with E-state index in [2.05, 4.69) is 20.9 Å². The van der Waals surface area contributed by atoms with Gasteiger partial charge in [0.05, 0.1) is 11.6 Å². The Bertz CT molecular complexity index is 807. The van der Waals surface area contributed by atoms with Crippen molar-refractivity contribution in [2.45, 2.75) is 0 Å². The lowest BCUT2D eigenvalue weighted by atomic mass is 10.1. The molecule has 0 radical (unpaired) electrons. The van der Waals surface area contributed by atoms with Gasteiger partial charge in [-0.2, -0.15) is 0 Å². The zero-order valence-corrected chi connectivity index (χ0v) is 12.7. The molecule has 0 aliphatic rings. The molecule has 0 aliphatic carbocycles. The normalized spacial score (nSPS) is 10.6. The molecular weight excluding hydrogens is 337 g/mol. The first-order chi connectivity index (χ1) is 10.2. The number of methoxy groups -OCH3 is 1. The first kappa shape index (κ1) is 13.8. The summed E-state index contributed by atoms with van der Waals surface area (Å²) >= 11 is 3.28. The summed E-state index contributed by atoms with van der Waals surface area (Å²) in [6, 6.07) is 11.8. The van der Waals surface area contributed by atoms with Gasteiger partial charge >= 0.3 is 0 Å². The van der Waals surface area contributed by atoms with Crippen LogP contribution in [0.3, 0.4) is 0 Å². The van der Waals surface area contributed by atoms with Crippen molar-refractivity contribution in [3.8, 4) is 17.4 Å². The van der Waals surface area contributed by atoms with Crippen molar-refractivity contribution in [1.29, 1.82) is 0 Å². The molecule has 0 amide bonds. The molecule has 1 heterocycles. The van der Waals surface area contributed by atoms with Gasteiger partial charge in [0.2, 0.25) is 5.88 Å². The van der Waals surface area contributed by atoms with Crippen LogP contribution in [0.1, 0.15) is 0 Å². The molecule has 106 valence electrons. The number of halogens is 2.